The van der Waals surface area contributed by atoms with Gasteiger partial charge in [0, 0.05) is 62.4 Å². The van der Waals surface area contributed by atoms with Gasteiger partial charge in [-0.1, -0.05) is 0 Å². The van der Waals surface area contributed by atoms with Crippen molar-refractivity contribution in [1.29, 1.82) is 0 Å². The van der Waals surface area contributed by atoms with E-state index in [0.717, 1.165) is 82.3 Å². The number of aromatic nitrogens is 4. The van der Waals surface area contributed by atoms with Crippen molar-refractivity contribution < 1.29 is 9.53 Å². The molecule has 0 radical (unpaired) electrons. The van der Waals surface area contributed by atoms with Gasteiger partial charge in [0.1, 0.15) is 5.69 Å². The number of hydrogen-bond donors (Lipinski definition) is 1. The van der Waals surface area contributed by atoms with Crippen molar-refractivity contribution >= 4 is 11.9 Å². The molecule has 0 aromatic carbocycles. The Labute approximate surface area is 164 Å². The Kier molecular flexibility index (Phi) is 4.72. The molecule has 2 fully saturated rings. The van der Waals surface area contributed by atoms with Gasteiger partial charge in [0.05, 0.1) is 0 Å². The Bertz CT molecular complexity index is 839. The number of carbonyl (C=O) groups excluding carboxylic acids is 1. The normalized spacial score (nSPS) is 22.4. The summed E-state index contributed by atoms with van der Waals surface area (Å²) in [5.74, 6) is 1.14. The largest absolute Gasteiger partial charge is 0.381 e. The van der Waals surface area contributed by atoms with Crippen LogP contribution in [-0.4, -0.2) is 58.0 Å². The number of rotatable bonds is 4. The molecule has 3 aliphatic heterocycles. The lowest BCUT2D eigenvalue weighted by molar-refractivity contribution is 0.0845. The number of aryl methyl sites for hydroxylation is 2. The summed E-state index contributed by atoms with van der Waals surface area (Å²) in [4.78, 5) is 24.0. The van der Waals surface area contributed by atoms with Gasteiger partial charge in [-0.2, -0.15) is 5.10 Å². The number of anilines is 1. The molecule has 28 heavy (non-hydrogen) atoms. The topological polar surface area (TPSA) is 85.2 Å². The van der Waals surface area contributed by atoms with Gasteiger partial charge in [-0.15, -0.1) is 0 Å². The molecular formula is C20H26N6O2. The number of ether oxygens (including phenoxy) is 1. The van der Waals surface area contributed by atoms with Crippen LogP contribution in [0.2, 0.25) is 0 Å². The van der Waals surface area contributed by atoms with Crippen LogP contribution in [0.15, 0.2) is 18.3 Å². The molecular weight excluding hydrogens is 356 g/mol. The van der Waals surface area contributed by atoms with Crippen molar-refractivity contribution in [3.63, 3.8) is 0 Å². The quantitative estimate of drug-likeness (QED) is 0.863. The van der Waals surface area contributed by atoms with Crippen LogP contribution < -0.4 is 10.2 Å². The van der Waals surface area contributed by atoms with Crippen LogP contribution in [0.1, 0.15) is 53.5 Å². The average Bonchev–Trinajstić information content (AvgIpc) is 3.45. The zero-order valence-corrected chi connectivity index (χ0v) is 16.0. The SMILES string of the molecule is O=C(NC1CCN(c2nccc(C3CCOCC3)n2)C1)c1cc2n(n1)CCC2. The Morgan fingerprint density at radius 2 is 2.11 bits per heavy atom. The lowest BCUT2D eigenvalue weighted by atomic mass is 9.96. The number of amides is 1. The average molecular weight is 382 g/mol. The molecule has 0 bridgehead atoms. The molecule has 148 valence electrons. The fourth-order valence-electron chi connectivity index (χ4n) is 4.43. The molecule has 0 aliphatic carbocycles. The highest BCUT2D eigenvalue weighted by molar-refractivity contribution is 5.92. The minimum Gasteiger partial charge on any atom is -0.381 e. The van der Waals surface area contributed by atoms with E-state index in [1.165, 1.54) is 0 Å². The second-order valence-corrected chi connectivity index (χ2v) is 7.92. The fourth-order valence-corrected chi connectivity index (χ4v) is 4.43. The molecule has 2 aromatic heterocycles. The smallest absolute Gasteiger partial charge is 0.272 e. The highest BCUT2D eigenvalue weighted by atomic mass is 16.5. The molecule has 1 amide bonds. The van der Waals surface area contributed by atoms with Crippen LogP contribution in [0, 0.1) is 0 Å². The molecule has 2 saturated heterocycles. The fraction of sp³-hybridized carbons (Fsp3) is 0.600. The van der Waals surface area contributed by atoms with Crippen molar-refractivity contribution in [2.45, 2.75) is 50.6 Å². The second-order valence-electron chi connectivity index (χ2n) is 7.92. The van der Waals surface area contributed by atoms with Crippen molar-refractivity contribution in [3.8, 4) is 0 Å². The summed E-state index contributed by atoms with van der Waals surface area (Å²) in [5, 5.41) is 7.56. The number of fused-ring (bicyclic) bond motifs is 1. The minimum atomic E-state index is -0.0781. The Morgan fingerprint density at radius 1 is 1.21 bits per heavy atom. The van der Waals surface area contributed by atoms with Gasteiger partial charge in [0.2, 0.25) is 5.95 Å². The first-order valence-electron chi connectivity index (χ1n) is 10.3. The van der Waals surface area contributed by atoms with E-state index in [4.69, 9.17) is 9.72 Å². The van der Waals surface area contributed by atoms with E-state index in [1.54, 1.807) is 0 Å². The highest BCUT2D eigenvalue weighted by Gasteiger charge is 2.28. The molecule has 1 N–H and O–H groups in total. The molecule has 8 nitrogen and oxygen atoms in total. The van der Waals surface area contributed by atoms with Crippen LogP contribution in [0.25, 0.3) is 0 Å². The standard InChI is InChI=1S/C20H26N6O2/c27-19(18-12-16-2-1-8-26(16)24-18)22-15-4-9-25(13-15)20-21-7-3-17(23-20)14-5-10-28-11-6-14/h3,7,12,14-15H,1-2,4-6,8-11,13H2,(H,22,27). The third-order valence-corrected chi connectivity index (χ3v) is 6.01. The molecule has 5 heterocycles. The first kappa shape index (κ1) is 17.6. The van der Waals surface area contributed by atoms with Crippen molar-refractivity contribution in [1.82, 2.24) is 25.1 Å². The van der Waals surface area contributed by atoms with E-state index < -0.39 is 0 Å². The Morgan fingerprint density at radius 3 is 2.96 bits per heavy atom. The minimum absolute atomic E-state index is 0.0781. The maximum Gasteiger partial charge on any atom is 0.272 e. The first-order chi connectivity index (χ1) is 13.8. The predicted molar refractivity (Wildman–Crippen MR) is 103 cm³/mol. The van der Waals surface area contributed by atoms with Gasteiger partial charge in [-0.05, 0) is 44.2 Å². The van der Waals surface area contributed by atoms with Crippen LogP contribution in [-0.2, 0) is 17.7 Å². The molecule has 8 heteroatoms. The number of nitrogens with one attached hydrogen (secondary N) is 1. The van der Waals surface area contributed by atoms with Crippen molar-refractivity contribution in [2.75, 3.05) is 31.2 Å². The molecule has 2 aromatic rings. The van der Waals surface area contributed by atoms with E-state index in [1.807, 2.05) is 23.0 Å². The first-order valence-corrected chi connectivity index (χ1v) is 10.3. The number of hydrogen-bond acceptors (Lipinski definition) is 6. The number of carbonyl (C=O) groups is 1. The Balaban J connectivity index is 1.21. The molecule has 0 saturated carbocycles. The number of nitrogens with zero attached hydrogens (tertiary/aromatic N) is 5. The van der Waals surface area contributed by atoms with Gasteiger partial charge in [-0.25, -0.2) is 9.97 Å². The zero-order chi connectivity index (χ0) is 18.9. The van der Waals surface area contributed by atoms with E-state index in [2.05, 4.69) is 20.3 Å². The van der Waals surface area contributed by atoms with E-state index in [0.29, 0.717) is 11.6 Å². The van der Waals surface area contributed by atoms with Crippen LogP contribution in [0.3, 0.4) is 0 Å². The third kappa shape index (κ3) is 3.48. The third-order valence-electron chi connectivity index (χ3n) is 6.01. The van der Waals surface area contributed by atoms with Gasteiger partial charge >= 0.3 is 0 Å². The maximum atomic E-state index is 12.6. The van der Waals surface area contributed by atoms with Crippen molar-refractivity contribution in [2.24, 2.45) is 0 Å². The van der Waals surface area contributed by atoms with Gasteiger partial charge in [0.15, 0.2) is 0 Å². The van der Waals surface area contributed by atoms with Gasteiger partial charge in [0.25, 0.3) is 5.91 Å². The Hall–Kier alpha value is -2.48. The lowest BCUT2D eigenvalue weighted by Crippen LogP contribution is -2.37. The highest BCUT2D eigenvalue weighted by Crippen LogP contribution is 2.27. The van der Waals surface area contributed by atoms with Crippen LogP contribution in [0.4, 0.5) is 5.95 Å². The zero-order valence-electron chi connectivity index (χ0n) is 16.0. The summed E-state index contributed by atoms with van der Waals surface area (Å²) in [7, 11) is 0. The van der Waals surface area contributed by atoms with Crippen LogP contribution in [0.5, 0.6) is 0 Å². The molecule has 1 atom stereocenters. The van der Waals surface area contributed by atoms with E-state index in [9.17, 15) is 4.79 Å². The van der Waals surface area contributed by atoms with Crippen LogP contribution >= 0.6 is 0 Å². The van der Waals surface area contributed by atoms with E-state index >= 15 is 0 Å². The summed E-state index contributed by atoms with van der Waals surface area (Å²) < 4.78 is 7.41. The lowest BCUT2D eigenvalue weighted by Gasteiger charge is -2.23. The molecule has 5 rings (SSSR count). The molecule has 1 unspecified atom stereocenters. The summed E-state index contributed by atoms with van der Waals surface area (Å²) in [5.41, 5.74) is 2.80. The van der Waals surface area contributed by atoms with Gasteiger partial charge < -0.3 is 15.0 Å². The predicted octanol–water partition coefficient (Wildman–Crippen LogP) is 1.52. The second kappa shape index (κ2) is 7.50. The summed E-state index contributed by atoms with van der Waals surface area (Å²) in [6.07, 6.45) is 6.91. The summed E-state index contributed by atoms with van der Waals surface area (Å²) >= 11 is 0. The van der Waals surface area contributed by atoms with Gasteiger partial charge in [-0.3, -0.25) is 9.48 Å². The summed E-state index contributed by atoms with van der Waals surface area (Å²) in [6, 6.07) is 4.04. The maximum absolute atomic E-state index is 12.6. The molecule has 3 aliphatic rings. The molecule has 0 spiro atoms. The monoisotopic (exact) mass is 382 g/mol. The van der Waals surface area contributed by atoms with E-state index in [-0.39, 0.29) is 11.9 Å². The van der Waals surface area contributed by atoms with Crippen molar-refractivity contribution in [3.05, 3.63) is 35.4 Å². The summed E-state index contributed by atoms with van der Waals surface area (Å²) in [6.45, 7) is 4.11.